The molecule has 3 heterocycles. The van der Waals surface area contributed by atoms with Crippen LogP contribution in [0.4, 0.5) is 0 Å². The van der Waals surface area contributed by atoms with E-state index in [0.717, 1.165) is 4.88 Å². The van der Waals surface area contributed by atoms with Gasteiger partial charge in [-0.15, -0.1) is 11.3 Å². The summed E-state index contributed by atoms with van der Waals surface area (Å²) in [4.78, 5) is 19.4. The minimum absolute atomic E-state index is 0.0191. The Hall–Kier alpha value is -1.78. The number of piperidine rings is 1. The molecule has 0 N–H and O–H groups in total. The summed E-state index contributed by atoms with van der Waals surface area (Å²) in [5, 5.41) is 5.88. The molecule has 3 rings (SSSR count). The largest absolute Gasteiger partial charge is 0.337 e. The minimum Gasteiger partial charge on any atom is -0.337 e. The third kappa shape index (κ3) is 4.13. The van der Waals surface area contributed by atoms with Crippen molar-refractivity contribution in [3.05, 3.63) is 23.4 Å². The van der Waals surface area contributed by atoms with Crippen LogP contribution in [-0.4, -0.2) is 59.6 Å². The first-order chi connectivity index (χ1) is 12.4. The summed E-state index contributed by atoms with van der Waals surface area (Å²) in [5.74, 6) is 0.802. The van der Waals surface area contributed by atoms with Gasteiger partial charge in [0, 0.05) is 26.1 Å². The lowest BCUT2D eigenvalue weighted by Gasteiger charge is -2.32. The summed E-state index contributed by atoms with van der Waals surface area (Å²) in [6, 6.07) is 3.82. The number of hydrogen-bond donors (Lipinski definition) is 0. The van der Waals surface area contributed by atoms with Crippen molar-refractivity contribution in [1.82, 2.24) is 19.3 Å². The highest BCUT2D eigenvalue weighted by molar-refractivity contribution is 7.89. The average Bonchev–Trinajstić information content (AvgIpc) is 3.32. The van der Waals surface area contributed by atoms with Crippen molar-refractivity contribution in [2.45, 2.75) is 26.3 Å². The van der Waals surface area contributed by atoms with E-state index in [9.17, 15) is 13.2 Å². The second kappa shape index (κ2) is 7.85. The molecule has 26 heavy (non-hydrogen) atoms. The molecule has 10 heteroatoms. The van der Waals surface area contributed by atoms with Crippen LogP contribution in [0.25, 0.3) is 10.7 Å². The molecule has 0 bridgehead atoms. The molecular formula is C16H22N4O4S2. The van der Waals surface area contributed by atoms with Crippen molar-refractivity contribution >= 4 is 27.3 Å². The fourth-order valence-corrected chi connectivity index (χ4v) is 4.76. The molecule has 0 unspecified atom stereocenters. The Bertz CT molecular complexity index is 839. The lowest BCUT2D eigenvalue weighted by molar-refractivity contribution is -0.136. The van der Waals surface area contributed by atoms with E-state index in [1.807, 2.05) is 17.5 Å². The molecule has 1 amide bonds. The highest BCUT2D eigenvalue weighted by Gasteiger charge is 2.31. The van der Waals surface area contributed by atoms with Crippen LogP contribution >= 0.6 is 11.3 Å². The fourth-order valence-electron chi connectivity index (χ4n) is 2.98. The van der Waals surface area contributed by atoms with Gasteiger partial charge < -0.3 is 9.42 Å². The van der Waals surface area contributed by atoms with Crippen molar-refractivity contribution in [2.75, 3.05) is 25.9 Å². The van der Waals surface area contributed by atoms with Gasteiger partial charge in [0.05, 0.1) is 17.2 Å². The topological polar surface area (TPSA) is 96.6 Å². The maximum Gasteiger partial charge on any atom is 0.246 e. The smallest absolute Gasteiger partial charge is 0.246 e. The molecule has 8 nitrogen and oxygen atoms in total. The molecule has 0 radical (unpaired) electrons. The number of aromatic nitrogens is 2. The molecule has 1 aliphatic rings. The van der Waals surface area contributed by atoms with Gasteiger partial charge in [0.1, 0.15) is 0 Å². The fraction of sp³-hybridized carbons (Fsp3) is 0.562. The first-order valence-electron chi connectivity index (χ1n) is 8.50. The van der Waals surface area contributed by atoms with E-state index >= 15 is 0 Å². The predicted molar refractivity (Wildman–Crippen MR) is 97.8 cm³/mol. The zero-order chi connectivity index (χ0) is 18.7. The Morgan fingerprint density at radius 2 is 2.15 bits per heavy atom. The molecular weight excluding hydrogens is 376 g/mol. The van der Waals surface area contributed by atoms with Crippen LogP contribution in [0.15, 0.2) is 22.0 Å². The molecule has 1 aliphatic heterocycles. The molecule has 2 aromatic rings. The molecule has 0 atom stereocenters. The summed E-state index contributed by atoms with van der Waals surface area (Å²) < 4.78 is 30.5. The van der Waals surface area contributed by atoms with E-state index in [0.29, 0.717) is 37.6 Å². The van der Waals surface area contributed by atoms with Crippen molar-refractivity contribution < 1.29 is 17.7 Å². The van der Waals surface area contributed by atoms with Gasteiger partial charge >= 0.3 is 0 Å². The van der Waals surface area contributed by atoms with Crippen molar-refractivity contribution in [2.24, 2.45) is 5.92 Å². The summed E-state index contributed by atoms with van der Waals surface area (Å²) in [7, 11) is -1.48. The Labute approximate surface area is 156 Å². The molecule has 0 saturated carbocycles. The number of sulfonamides is 1. The maximum absolute atomic E-state index is 12.6. The van der Waals surface area contributed by atoms with Gasteiger partial charge in [-0.3, -0.25) is 4.79 Å². The zero-order valence-corrected chi connectivity index (χ0v) is 16.4. The zero-order valence-electron chi connectivity index (χ0n) is 14.8. The standard InChI is InChI=1S/C16H22N4O4S2/c1-3-26(22,23)20-8-6-12(7-9-20)16(21)19(2)11-14-17-15(18-24-14)13-5-4-10-25-13/h4-5,10,12H,3,6-9,11H2,1-2H3. The molecule has 142 valence electrons. The van der Waals surface area contributed by atoms with E-state index in [1.54, 1.807) is 18.9 Å². The second-order valence-corrected chi connectivity index (χ2v) is 9.46. The van der Waals surface area contributed by atoms with Crippen LogP contribution in [0, 0.1) is 5.92 Å². The van der Waals surface area contributed by atoms with Gasteiger partial charge in [0.15, 0.2) is 0 Å². The number of carbonyl (C=O) groups excluding carboxylic acids is 1. The highest BCUT2D eigenvalue weighted by Crippen LogP contribution is 2.24. The molecule has 1 saturated heterocycles. The maximum atomic E-state index is 12.6. The number of thiophene rings is 1. The lowest BCUT2D eigenvalue weighted by atomic mass is 9.97. The first kappa shape index (κ1) is 19.0. The lowest BCUT2D eigenvalue weighted by Crippen LogP contribution is -2.43. The second-order valence-electron chi connectivity index (χ2n) is 6.26. The Kier molecular flexibility index (Phi) is 5.73. The van der Waals surface area contributed by atoms with E-state index < -0.39 is 10.0 Å². The third-order valence-corrected chi connectivity index (χ3v) is 7.27. The molecule has 0 aliphatic carbocycles. The molecule has 0 aromatic carbocycles. The van der Waals surface area contributed by atoms with Crippen molar-refractivity contribution in [3.8, 4) is 10.7 Å². The van der Waals surface area contributed by atoms with Crippen LogP contribution < -0.4 is 0 Å². The number of amides is 1. The van der Waals surface area contributed by atoms with Crippen LogP contribution in [0.5, 0.6) is 0 Å². The average molecular weight is 399 g/mol. The number of carbonyl (C=O) groups is 1. The Balaban J connectivity index is 1.56. The normalized spacial score (nSPS) is 16.7. The van der Waals surface area contributed by atoms with Crippen LogP contribution in [0.3, 0.4) is 0 Å². The van der Waals surface area contributed by atoms with Crippen LogP contribution in [0.2, 0.25) is 0 Å². The minimum atomic E-state index is -3.18. The van der Waals surface area contributed by atoms with Gasteiger partial charge in [-0.05, 0) is 31.2 Å². The van der Waals surface area contributed by atoms with E-state index in [2.05, 4.69) is 10.1 Å². The number of hydrogen-bond acceptors (Lipinski definition) is 7. The van der Waals surface area contributed by atoms with E-state index in [4.69, 9.17) is 4.52 Å². The predicted octanol–water partition coefficient (Wildman–Crippen LogP) is 1.82. The monoisotopic (exact) mass is 398 g/mol. The van der Waals surface area contributed by atoms with Crippen LogP contribution in [-0.2, 0) is 21.4 Å². The van der Waals surface area contributed by atoms with Gasteiger partial charge in [0.25, 0.3) is 0 Å². The molecule has 0 spiro atoms. The van der Waals surface area contributed by atoms with Gasteiger partial charge in [-0.2, -0.15) is 4.98 Å². The summed E-state index contributed by atoms with van der Waals surface area (Å²) >= 11 is 1.52. The summed E-state index contributed by atoms with van der Waals surface area (Å²) in [5.41, 5.74) is 0. The first-order valence-corrected chi connectivity index (χ1v) is 11.0. The number of rotatable bonds is 6. The highest BCUT2D eigenvalue weighted by atomic mass is 32.2. The summed E-state index contributed by atoms with van der Waals surface area (Å²) in [6.45, 7) is 2.66. The molecule has 1 fully saturated rings. The van der Waals surface area contributed by atoms with Gasteiger partial charge in [-0.1, -0.05) is 11.2 Å². The molecule has 2 aromatic heterocycles. The van der Waals surface area contributed by atoms with Gasteiger partial charge in [0.2, 0.25) is 27.6 Å². The Morgan fingerprint density at radius 3 is 2.77 bits per heavy atom. The van der Waals surface area contributed by atoms with E-state index in [1.165, 1.54) is 15.6 Å². The van der Waals surface area contributed by atoms with Crippen molar-refractivity contribution in [3.63, 3.8) is 0 Å². The van der Waals surface area contributed by atoms with Gasteiger partial charge in [-0.25, -0.2) is 12.7 Å². The summed E-state index contributed by atoms with van der Waals surface area (Å²) in [6.07, 6.45) is 1.07. The quantitative estimate of drug-likeness (QED) is 0.736. The van der Waals surface area contributed by atoms with Crippen molar-refractivity contribution in [1.29, 1.82) is 0 Å². The SMILES string of the molecule is CCS(=O)(=O)N1CCC(C(=O)N(C)Cc2nc(-c3cccs3)no2)CC1. The third-order valence-electron chi connectivity index (χ3n) is 4.52. The van der Waals surface area contributed by atoms with E-state index in [-0.39, 0.29) is 24.1 Å². The Morgan fingerprint density at radius 1 is 1.42 bits per heavy atom. The van der Waals surface area contributed by atoms with Crippen LogP contribution in [0.1, 0.15) is 25.7 Å². The number of nitrogens with zero attached hydrogens (tertiary/aromatic N) is 4.